The molecule has 0 aliphatic heterocycles. The van der Waals surface area contributed by atoms with Gasteiger partial charge in [-0.25, -0.2) is 4.79 Å². The topological polar surface area (TPSA) is 41.6 Å². The number of amides is 1. The first-order valence-electron chi connectivity index (χ1n) is 8.76. The average Bonchev–Trinajstić information content (AvgIpc) is 2.35. The van der Waals surface area contributed by atoms with Crippen LogP contribution in [0.1, 0.15) is 60.8 Å². The van der Waals surface area contributed by atoms with E-state index in [-0.39, 0.29) is 6.09 Å². The molecule has 0 bridgehead atoms. The molecule has 1 rings (SSSR count). The van der Waals surface area contributed by atoms with Gasteiger partial charge < -0.3 is 15.0 Å². The fraction of sp³-hybridized carbons (Fsp3) is 0.944. The van der Waals surface area contributed by atoms with E-state index >= 15 is 0 Å². The SMILES string of the molecule is CC1CCC(NCC(C)CN(C)C(=O)OC(C)(C)C)C(C)C1. The molecule has 4 nitrogen and oxygen atoms in total. The molecule has 4 heteroatoms. The Hall–Kier alpha value is -0.770. The van der Waals surface area contributed by atoms with Crippen LogP contribution in [0.25, 0.3) is 0 Å². The summed E-state index contributed by atoms with van der Waals surface area (Å²) in [6, 6.07) is 0.630. The zero-order valence-electron chi connectivity index (χ0n) is 15.6. The molecule has 0 saturated heterocycles. The van der Waals surface area contributed by atoms with Crippen LogP contribution in [-0.4, -0.2) is 42.8 Å². The first kappa shape index (κ1) is 19.3. The Morgan fingerprint density at radius 1 is 1.32 bits per heavy atom. The normalized spacial score (nSPS) is 27.3. The zero-order chi connectivity index (χ0) is 16.9. The van der Waals surface area contributed by atoms with Crippen LogP contribution in [0.3, 0.4) is 0 Å². The van der Waals surface area contributed by atoms with Gasteiger partial charge in [0.25, 0.3) is 0 Å². The van der Waals surface area contributed by atoms with Crippen LogP contribution in [-0.2, 0) is 4.74 Å². The van der Waals surface area contributed by atoms with E-state index in [1.807, 2.05) is 27.8 Å². The van der Waals surface area contributed by atoms with Gasteiger partial charge in [0, 0.05) is 19.6 Å². The standard InChI is InChI=1S/C18H36N2O2/c1-13-8-9-16(15(3)10-13)19-11-14(2)12-20(7)17(21)22-18(4,5)6/h13-16,19H,8-12H2,1-7H3. The summed E-state index contributed by atoms with van der Waals surface area (Å²) in [4.78, 5) is 13.7. The van der Waals surface area contributed by atoms with Gasteiger partial charge >= 0.3 is 6.09 Å². The first-order chi connectivity index (χ1) is 10.1. The molecule has 1 amide bonds. The molecule has 0 aromatic rings. The van der Waals surface area contributed by atoms with Gasteiger partial charge in [0.2, 0.25) is 0 Å². The Morgan fingerprint density at radius 3 is 2.50 bits per heavy atom. The molecule has 130 valence electrons. The Balaban J connectivity index is 2.30. The molecule has 4 atom stereocenters. The number of rotatable bonds is 5. The van der Waals surface area contributed by atoms with Crippen molar-refractivity contribution in [3.05, 3.63) is 0 Å². The van der Waals surface area contributed by atoms with Crippen molar-refractivity contribution in [2.24, 2.45) is 17.8 Å². The molecule has 0 heterocycles. The number of carbonyl (C=O) groups is 1. The molecule has 0 radical (unpaired) electrons. The highest BCUT2D eigenvalue weighted by Gasteiger charge is 2.26. The minimum Gasteiger partial charge on any atom is -0.444 e. The number of nitrogens with zero attached hydrogens (tertiary/aromatic N) is 1. The Kier molecular flexibility index (Phi) is 7.17. The van der Waals surface area contributed by atoms with Gasteiger partial charge in [0.15, 0.2) is 0 Å². The highest BCUT2D eigenvalue weighted by molar-refractivity contribution is 5.67. The second-order valence-electron chi connectivity index (χ2n) is 8.38. The maximum absolute atomic E-state index is 12.0. The summed E-state index contributed by atoms with van der Waals surface area (Å²) in [5.41, 5.74) is -0.430. The van der Waals surface area contributed by atoms with E-state index in [2.05, 4.69) is 26.1 Å². The van der Waals surface area contributed by atoms with Crippen LogP contribution in [0.2, 0.25) is 0 Å². The third-order valence-electron chi connectivity index (χ3n) is 4.45. The van der Waals surface area contributed by atoms with Crippen LogP contribution >= 0.6 is 0 Å². The number of nitrogens with one attached hydrogen (secondary N) is 1. The lowest BCUT2D eigenvalue weighted by Crippen LogP contribution is -2.43. The molecule has 4 unspecified atom stereocenters. The van der Waals surface area contributed by atoms with E-state index in [9.17, 15) is 4.79 Å². The quantitative estimate of drug-likeness (QED) is 0.837. The van der Waals surface area contributed by atoms with E-state index in [0.29, 0.717) is 12.0 Å². The predicted octanol–water partition coefficient (Wildman–Crippen LogP) is 3.90. The molecule has 22 heavy (non-hydrogen) atoms. The molecule has 1 fully saturated rings. The minimum atomic E-state index is -0.430. The van der Waals surface area contributed by atoms with Crippen LogP contribution in [0.5, 0.6) is 0 Å². The largest absolute Gasteiger partial charge is 0.444 e. The summed E-state index contributed by atoms with van der Waals surface area (Å²) in [5.74, 6) is 2.03. The predicted molar refractivity (Wildman–Crippen MR) is 92.0 cm³/mol. The van der Waals surface area contributed by atoms with E-state index in [1.165, 1.54) is 19.3 Å². The fourth-order valence-electron chi connectivity index (χ4n) is 3.27. The Labute approximate surface area is 137 Å². The lowest BCUT2D eigenvalue weighted by Gasteiger charge is -2.34. The van der Waals surface area contributed by atoms with Crippen molar-refractivity contribution < 1.29 is 9.53 Å². The third kappa shape index (κ3) is 6.99. The van der Waals surface area contributed by atoms with E-state index in [4.69, 9.17) is 4.74 Å². The second kappa shape index (κ2) is 8.19. The minimum absolute atomic E-state index is 0.237. The number of hydrogen-bond acceptors (Lipinski definition) is 3. The molecule has 1 saturated carbocycles. The van der Waals surface area contributed by atoms with Gasteiger partial charge in [0.05, 0.1) is 0 Å². The summed E-state index contributed by atoms with van der Waals surface area (Å²) in [7, 11) is 1.81. The smallest absolute Gasteiger partial charge is 0.410 e. The van der Waals surface area contributed by atoms with Crippen molar-refractivity contribution in [1.82, 2.24) is 10.2 Å². The van der Waals surface area contributed by atoms with E-state index in [0.717, 1.165) is 24.9 Å². The molecule has 0 aromatic carbocycles. The van der Waals surface area contributed by atoms with Crippen LogP contribution in [0, 0.1) is 17.8 Å². The van der Waals surface area contributed by atoms with E-state index < -0.39 is 5.60 Å². The van der Waals surface area contributed by atoms with Gasteiger partial charge in [-0.15, -0.1) is 0 Å². The van der Waals surface area contributed by atoms with Crippen LogP contribution in [0.15, 0.2) is 0 Å². The van der Waals surface area contributed by atoms with Crippen molar-refractivity contribution in [3.8, 4) is 0 Å². The van der Waals surface area contributed by atoms with E-state index in [1.54, 1.807) is 4.90 Å². The summed E-state index contributed by atoms with van der Waals surface area (Å²) < 4.78 is 5.39. The van der Waals surface area contributed by atoms with Gasteiger partial charge in [-0.05, 0) is 64.3 Å². The monoisotopic (exact) mass is 312 g/mol. The third-order valence-corrected chi connectivity index (χ3v) is 4.45. The Bertz CT molecular complexity index is 351. The average molecular weight is 312 g/mol. The van der Waals surface area contributed by atoms with Gasteiger partial charge in [-0.2, -0.15) is 0 Å². The van der Waals surface area contributed by atoms with Crippen LogP contribution in [0.4, 0.5) is 4.79 Å². The molecule has 1 aliphatic carbocycles. The lowest BCUT2D eigenvalue weighted by atomic mass is 9.80. The maximum Gasteiger partial charge on any atom is 0.410 e. The summed E-state index contributed by atoms with van der Waals surface area (Å²) in [5, 5.41) is 3.71. The maximum atomic E-state index is 12.0. The summed E-state index contributed by atoms with van der Waals surface area (Å²) in [6.07, 6.45) is 3.69. The lowest BCUT2D eigenvalue weighted by molar-refractivity contribution is 0.0275. The summed E-state index contributed by atoms with van der Waals surface area (Å²) in [6.45, 7) is 14.3. The van der Waals surface area contributed by atoms with Crippen molar-refractivity contribution >= 4 is 6.09 Å². The first-order valence-corrected chi connectivity index (χ1v) is 8.76. The summed E-state index contributed by atoms with van der Waals surface area (Å²) >= 11 is 0. The van der Waals surface area contributed by atoms with Crippen molar-refractivity contribution in [2.75, 3.05) is 20.1 Å². The van der Waals surface area contributed by atoms with Gasteiger partial charge in [-0.1, -0.05) is 20.8 Å². The Morgan fingerprint density at radius 2 is 1.95 bits per heavy atom. The molecule has 0 spiro atoms. The molecular formula is C18H36N2O2. The van der Waals surface area contributed by atoms with Crippen molar-refractivity contribution in [3.63, 3.8) is 0 Å². The zero-order valence-corrected chi connectivity index (χ0v) is 15.6. The van der Waals surface area contributed by atoms with Crippen molar-refractivity contribution in [2.45, 2.75) is 72.4 Å². The van der Waals surface area contributed by atoms with Crippen LogP contribution < -0.4 is 5.32 Å². The van der Waals surface area contributed by atoms with Gasteiger partial charge in [0.1, 0.15) is 5.60 Å². The molecule has 1 aliphatic rings. The number of carbonyl (C=O) groups excluding carboxylic acids is 1. The molecule has 0 aromatic heterocycles. The molecular weight excluding hydrogens is 276 g/mol. The second-order valence-corrected chi connectivity index (χ2v) is 8.38. The highest BCUT2D eigenvalue weighted by Crippen LogP contribution is 2.28. The van der Waals surface area contributed by atoms with Gasteiger partial charge in [-0.3, -0.25) is 0 Å². The number of ether oxygens (including phenoxy) is 1. The van der Waals surface area contributed by atoms with Crippen molar-refractivity contribution in [1.29, 1.82) is 0 Å². The highest BCUT2D eigenvalue weighted by atomic mass is 16.6. The number of hydrogen-bond donors (Lipinski definition) is 1. The molecule has 1 N–H and O–H groups in total. The fourth-order valence-corrected chi connectivity index (χ4v) is 3.27.